The van der Waals surface area contributed by atoms with Crippen LogP contribution in [-0.2, 0) is 5.88 Å². The van der Waals surface area contributed by atoms with Crippen molar-refractivity contribution in [2.45, 2.75) is 12.8 Å². The van der Waals surface area contributed by atoms with Gasteiger partial charge in [0.05, 0.1) is 17.8 Å². The molecule has 15 heavy (non-hydrogen) atoms. The van der Waals surface area contributed by atoms with Gasteiger partial charge >= 0.3 is 0 Å². The first kappa shape index (κ1) is 9.98. The van der Waals surface area contributed by atoms with E-state index in [1.807, 2.05) is 13.0 Å². The second-order valence-electron chi connectivity index (χ2n) is 3.15. The van der Waals surface area contributed by atoms with Gasteiger partial charge in [0.1, 0.15) is 0 Å². The number of hydrogen-bond donors (Lipinski definition) is 1. The molecule has 0 saturated heterocycles. The largest absolute Gasteiger partial charge is 0.461 e. The van der Waals surface area contributed by atoms with Crippen molar-refractivity contribution in [3.63, 3.8) is 0 Å². The van der Waals surface area contributed by atoms with E-state index in [4.69, 9.17) is 16.0 Å². The van der Waals surface area contributed by atoms with E-state index in [-0.39, 0.29) is 11.4 Å². The van der Waals surface area contributed by atoms with Gasteiger partial charge in [0, 0.05) is 6.07 Å². The highest BCUT2D eigenvalue weighted by Gasteiger charge is 2.09. The van der Waals surface area contributed by atoms with E-state index in [0.717, 1.165) is 5.56 Å². The predicted molar refractivity (Wildman–Crippen MR) is 56.9 cm³/mol. The molecule has 5 heteroatoms. The first-order valence-electron chi connectivity index (χ1n) is 4.41. The van der Waals surface area contributed by atoms with Crippen molar-refractivity contribution in [3.8, 4) is 11.6 Å². The molecule has 0 unspecified atom stereocenters. The predicted octanol–water partition coefficient (Wildman–Crippen LogP) is 2.08. The van der Waals surface area contributed by atoms with Crippen LogP contribution in [0.1, 0.15) is 11.3 Å². The smallest absolute Gasteiger partial charge is 0.251 e. The fourth-order valence-electron chi connectivity index (χ4n) is 1.30. The number of furan rings is 1. The maximum atomic E-state index is 11.3. The van der Waals surface area contributed by atoms with Gasteiger partial charge in [0.25, 0.3) is 5.56 Å². The van der Waals surface area contributed by atoms with Gasteiger partial charge < -0.3 is 9.40 Å². The van der Waals surface area contributed by atoms with Gasteiger partial charge in [-0.25, -0.2) is 4.98 Å². The zero-order valence-corrected chi connectivity index (χ0v) is 8.84. The molecule has 0 fully saturated rings. The minimum atomic E-state index is -0.230. The average molecular weight is 225 g/mol. The Balaban J connectivity index is 2.58. The van der Waals surface area contributed by atoms with Crippen LogP contribution < -0.4 is 5.56 Å². The van der Waals surface area contributed by atoms with Crippen LogP contribution in [0.5, 0.6) is 0 Å². The minimum absolute atomic E-state index is 0.205. The van der Waals surface area contributed by atoms with E-state index in [2.05, 4.69) is 9.97 Å². The SMILES string of the molecule is Cc1ccoc1-c1nc(CCl)cc(=O)[nH]1. The third-order valence-corrected chi connectivity index (χ3v) is 2.28. The van der Waals surface area contributed by atoms with Crippen LogP contribution in [-0.4, -0.2) is 9.97 Å². The Morgan fingerprint density at radius 3 is 3.00 bits per heavy atom. The fourth-order valence-corrected chi connectivity index (χ4v) is 1.44. The lowest BCUT2D eigenvalue weighted by atomic mass is 10.2. The lowest BCUT2D eigenvalue weighted by molar-refractivity contribution is 0.575. The normalized spacial score (nSPS) is 10.5. The summed E-state index contributed by atoms with van der Waals surface area (Å²) in [5.74, 6) is 1.19. The Kier molecular flexibility index (Phi) is 2.60. The van der Waals surface area contributed by atoms with Crippen molar-refractivity contribution in [2.24, 2.45) is 0 Å². The van der Waals surface area contributed by atoms with Crippen LogP contribution in [0.25, 0.3) is 11.6 Å². The van der Waals surface area contributed by atoms with Crippen molar-refractivity contribution in [3.05, 3.63) is 40.0 Å². The maximum absolute atomic E-state index is 11.3. The van der Waals surface area contributed by atoms with Crippen molar-refractivity contribution in [2.75, 3.05) is 0 Å². The lowest BCUT2D eigenvalue weighted by Gasteiger charge is -1.99. The zero-order chi connectivity index (χ0) is 10.8. The molecule has 2 aromatic rings. The molecule has 0 aromatic carbocycles. The van der Waals surface area contributed by atoms with Crippen molar-refractivity contribution in [1.29, 1.82) is 0 Å². The van der Waals surface area contributed by atoms with Gasteiger partial charge in [-0.1, -0.05) is 0 Å². The summed E-state index contributed by atoms with van der Waals surface area (Å²) in [6, 6.07) is 3.18. The average Bonchev–Trinajstić information content (AvgIpc) is 2.63. The van der Waals surface area contributed by atoms with Gasteiger partial charge in [-0.05, 0) is 18.6 Å². The van der Waals surface area contributed by atoms with Crippen LogP contribution in [0.4, 0.5) is 0 Å². The third-order valence-electron chi connectivity index (χ3n) is 2.01. The molecular weight excluding hydrogens is 216 g/mol. The summed E-state index contributed by atoms with van der Waals surface area (Å²) in [5.41, 5.74) is 1.22. The molecular formula is C10H9ClN2O2. The Morgan fingerprint density at radius 1 is 1.60 bits per heavy atom. The topological polar surface area (TPSA) is 58.9 Å². The molecule has 0 atom stereocenters. The van der Waals surface area contributed by atoms with Gasteiger partial charge in [0.2, 0.25) is 0 Å². The molecule has 0 spiro atoms. The Morgan fingerprint density at radius 2 is 2.40 bits per heavy atom. The van der Waals surface area contributed by atoms with Crippen LogP contribution in [0.15, 0.2) is 27.6 Å². The number of nitrogens with one attached hydrogen (secondary N) is 1. The molecule has 0 aliphatic heterocycles. The molecule has 0 radical (unpaired) electrons. The number of aromatic amines is 1. The van der Waals surface area contributed by atoms with Crippen molar-refractivity contribution in [1.82, 2.24) is 9.97 Å². The second kappa shape index (κ2) is 3.90. The molecule has 0 aliphatic carbocycles. The molecule has 0 aliphatic rings. The molecule has 78 valence electrons. The summed E-state index contributed by atoms with van der Waals surface area (Å²) in [6.45, 7) is 1.88. The van der Waals surface area contributed by atoms with Gasteiger partial charge in [-0.2, -0.15) is 0 Å². The molecule has 2 aromatic heterocycles. The zero-order valence-electron chi connectivity index (χ0n) is 8.08. The van der Waals surface area contributed by atoms with Gasteiger partial charge in [0.15, 0.2) is 11.6 Å². The summed E-state index contributed by atoms with van der Waals surface area (Å²) < 4.78 is 5.23. The van der Waals surface area contributed by atoms with E-state index in [1.54, 1.807) is 6.26 Å². The maximum Gasteiger partial charge on any atom is 0.251 e. The Hall–Kier alpha value is -1.55. The van der Waals surface area contributed by atoms with Crippen LogP contribution in [0, 0.1) is 6.92 Å². The summed E-state index contributed by atoms with van der Waals surface area (Å²) in [4.78, 5) is 18.1. The van der Waals surface area contributed by atoms with Gasteiger partial charge in [-0.15, -0.1) is 11.6 Å². The number of rotatable bonds is 2. The molecule has 0 bridgehead atoms. The van der Waals surface area contributed by atoms with Crippen LogP contribution >= 0.6 is 11.6 Å². The summed E-state index contributed by atoms with van der Waals surface area (Å²) in [6.07, 6.45) is 1.55. The number of halogens is 1. The van der Waals surface area contributed by atoms with Crippen LogP contribution in [0.2, 0.25) is 0 Å². The quantitative estimate of drug-likeness (QED) is 0.795. The number of alkyl halides is 1. The highest BCUT2D eigenvalue weighted by atomic mass is 35.5. The monoisotopic (exact) mass is 224 g/mol. The van der Waals surface area contributed by atoms with E-state index in [9.17, 15) is 4.79 Å². The minimum Gasteiger partial charge on any atom is -0.461 e. The molecule has 0 saturated carbocycles. The van der Waals surface area contributed by atoms with Crippen LogP contribution in [0.3, 0.4) is 0 Å². The lowest BCUT2D eigenvalue weighted by Crippen LogP contribution is -2.09. The third kappa shape index (κ3) is 1.94. The van der Waals surface area contributed by atoms with Gasteiger partial charge in [-0.3, -0.25) is 4.79 Å². The first-order chi connectivity index (χ1) is 7.20. The molecule has 0 amide bonds. The molecule has 1 N–H and O–H groups in total. The number of nitrogens with zero attached hydrogens (tertiary/aromatic N) is 1. The highest BCUT2D eigenvalue weighted by molar-refractivity contribution is 6.16. The van der Waals surface area contributed by atoms with E-state index in [0.29, 0.717) is 17.3 Å². The summed E-state index contributed by atoms with van der Waals surface area (Å²) >= 11 is 5.63. The summed E-state index contributed by atoms with van der Waals surface area (Å²) in [7, 11) is 0. The number of aromatic nitrogens is 2. The first-order valence-corrected chi connectivity index (χ1v) is 4.95. The second-order valence-corrected chi connectivity index (χ2v) is 3.42. The van der Waals surface area contributed by atoms with E-state index < -0.39 is 0 Å². The Labute approximate surface area is 90.9 Å². The van der Waals surface area contributed by atoms with Crippen molar-refractivity contribution < 1.29 is 4.42 Å². The Bertz CT molecular complexity index is 530. The van der Waals surface area contributed by atoms with E-state index >= 15 is 0 Å². The highest BCUT2D eigenvalue weighted by Crippen LogP contribution is 2.19. The number of hydrogen-bond acceptors (Lipinski definition) is 3. The fraction of sp³-hybridized carbons (Fsp3) is 0.200. The molecule has 2 heterocycles. The number of H-pyrrole nitrogens is 1. The number of aryl methyl sites for hydroxylation is 1. The van der Waals surface area contributed by atoms with Crippen molar-refractivity contribution >= 4 is 11.6 Å². The molecule has 4 nitrogen and oxygen atoms in total. The summed E-state index contributed by atoms with van der Waals surface area (Å²) in [5, 5.41) is 0. The van der Waals surface area contributed by atoms with E-state index in [1.165, 1.54) is 6.07 Å². The standard InChI is InChI=1S/C10H9ClN2O2/c1-6-2-3-15-9(6)10-12-7(5-11)4-8(14)13-10/h2-4H,5H2,1H3,(H,12,13,14). The molecule has 2 rings (SSSR count).